The summed E-state index contributed by atoms with van der Waals surface area (Å²) in [6, 6.07) is 14.9. The van der Waals surface area contributed by atoms with E-state index in [4.69, 9.17) is 9.26 Å². The summed E-state index contributed by atoms with van der Waals surface area (Å²) < 4.78 is 11.1. The number of hydrogen-bond acceptors (Lipinski definition) is 5. The van der Waals surface area contributed by atoms with E-state index in [-0.39, 0.29) is 12.1 Å². The van der Waals surface area contributed by atoms with E-state index in [1.165, 1.54) is 5.56 Å². The van der Waals surface area contributed by atoms with Gasteiger partial charge in [0.1, 0.15) is 11.8 Å². The van der Waals surface area contributed by atoms with Crippen LogP contribution in [0.25, 0.3) is 11.4 Å². The topological polar surface area (TPSA) is 80.5 Å². The second-order valence-corrected chi connectivity index (χ2v) is 7.03. The Morgan fingerprint density at radius 3 is 2.83 bits per heavy atom. The van der Waals surface area contributed by atoms with Crippen LogP contribution in [0.2, 0.25) is 0 Å². The van der Waals surface area contributed by atoms with Gasteiger partial charge >= 0.3 is 6.03 Å². The van der Waals surface area contributed by atoms with Gasteiger partial charge in [-0.25, -0.2) is 4.79 Å². The molecule has 1 atom stereocenters. The lowest BCUT2D eigenvalue weighted by Gasteiger charge is -2.23. The Morgan fingerprint density at radius 2 is 2.03 bits per heavy atom. The van der Waals surface area contributed by atoms with E-state index in [1.807, 2.05) is 62.4 Å². The van der Waals surface area contributed by atoms with E-state index in [0.717, 1.165) is 18.4 Å². The summed E-state index contributed by atoms with van der Waals surface area (Å²) in [6.07, 6.45) is 1.67. The summed E-state index contributed by atoms with van der Waals surface area (Å²) in [4.78, 5) is 19.2. The number of aryl methyl sites for hydroxylation is 1. The molecule has 1 aromatic heterocycles. The molecule has 2 amide bonds. The summed E-state index contributed by atoms with van der Waals surface area (Å²) in [6.45, 7) is 5.11. The van der Waals surface area contributed by atoms with Crippen molar-refractivity contribution in [2.45, 2.75) is 32.7 Å². The first-order valence-electron chi connectivity index (χ1n) is 9.86. The summed E-state index contributed by atoms with van der Waals surface area (Å²) >= 11 is 0. The lowest BCUT2D eigenvalue weighted by Crippen LogP contribution is -2.34. The molecular formula is C22H24N4O3. The number of hydrogen-bond donors (Lipinski definition) is 1. The molecule has 3 aromatic rings. The maximum absolute atomic E-state index is 12.9. The van der Waals surface area contributed by atoms with E-state index in [9.17, 15) is 4.79 Å². The van der Waals surface area contributed by atoms with Crippen LogP contribution in [0.4, 0.5) is 10.5 Å². The third-order valence-electron chi connectivity index (χ3n) is 4.98. The zero-order chi connectivity index (χ0) is 20.2. The molecule has 1 saturated heterocycles. The molecule has 1 fully saturated rings. The van der Waals surface area contributed by atoms with Gasteiger partial charge in [0.15, 0.2) is 0 Å². The van der Waals surface area contributed by atoms with E-state index >= 15 is 0 Å². The largest absolute Gasteiger partial charge is 0.492 e. The summed E-state index contributed by atoms with van der Waals surface area (Å²) in [7, 11) is 0. The van der Waals surface area contributed by atoms with Crippen LogP contribution < -0.4 is 10.1 Å². The molecule has 2 aromatic carbocycles. The number of likely N-dealkylation sites (tertiary alicyclic amines) is 1. The fourth-order valence-corrected chi connectivity index (χ4v) is 3.50. The lowest BCUT2D eigenvalue weighted by molar-refractivity contribution is 0.193. The van der Waals surface area contributed by atoms with Crippen molar-refractivity contribution in [1.82, 2.24) is 15.0 Å². The highest BCUT2D eigenvalue weighted by Gasteiger charge is 2.34. The van der Waals surface area contributed by atoms with Crippen LogP contribution in [0.1, 0.15) is 37.3 Å². The van der Waals surface area contributed by atoms with Crippen molar-refractivity contribution in [2.75, 3.05) is 18.5 Å². The number of nitrogens with zero attached hydrogens (tertiary/aromatic N) is 3. The van der Waals surface area contributed by atoms with E-state index in [2.05, 4.69) is 15.5 Å². The van der Waals surface area contributed by atoms with Gasteiger partial charge in [-0.15, -0.1) is 0 Å². The number of urea groups is 1. The van der Waals surface area contributed by atoms with Crippen LogP contribution >= 0.6 is 0 Å². The van der Waals surface area contributed by atoms with Gasteiger partial charge in [-0.3, -0.25) is 0 Å². The highest BCUT2D eigenvalue weighted by molar-refractivity contribution is 5.91. The average Bonchev–Trinajstić information content (AvgIpc) is 3.39. The van der Waals surface area contributed by atoms with Gasteiger partial charge in [-0.1, -0.05) is 47.1 Å². The van der Waals surface area contributed by atoms with Crippen LogP contribution in [-0.2, 0) is 0 Å². The van der Waals surface area contributed by atoms with Crippen LogP contribution in [0.15, 0.2) is 53.1 Å². The molecule has 1 aliphatic rings. The van der Waals surface area contributed by atoms with Gasteiger partial charge in [-0.05, 0) is 38.8 Å². The highest BCUT2D eigenvalue weighted by Crippen LogP contribution is 2.33. The summed E-state index contributed by atoms with van der Waals surface area (Å²) in [5.41, 5.74) is 2.71. The maximum Gasteiger partial charge on any atom is 0.322 e. The molecule has 7 heteroatoms. The number of carbonyl (C=O) groups excluding carboxylic acids is 1. The van der Waals surface area contributed by atoms with Gasteiger partial charge in [0.25, 0.3) is 0 Å². The minimum absolute atomic E-state index is 0.199. The lowest BCUT2D eigenvalue weighted by atomic mass is 10.1. The predicted octanol–water partition coefficient (Wildman–Crippen LogP) is 4.81. The zero-order valence-corrected chi connectivity index (χ0v) is 16.6. The molecule has 29 heavy (non-hydrogen) atoms. The van der Waals surface area contributed by atoms with Crippen molar-refractivity contribution in [2.24, 2.45) is 0 Å². The number of rotatable bonds is 5. The molecule has 0 saturated carbocycles. The molecule has 4 rings (SSSR count). The third kappa shape index (κ3) is 4.08. The van der Waals surface area contributed by atoms with E-state index in [1.54, 1.807) is 4.90 Å². The second kappa shape index (κ2) is 8.34. The molecule has 0 bridgehead atoms. The number of carbonyl (C=O) groups is 1. The first-order chi connectivity index (χ1) is 14.2. The quantitative estimate of drug-likeness (QED) is 0.674. The van der Waals surface area contributed by atoms with Crippen molar-refractivity contribution in [3.8, 4) is 17.1 Å². The molecule has 0 unspecified atom stereocenters. The van der Waals surface area contributed by atoms with Crippen molar-refractivity contribution in [1.29, 1.82) is 0 Å². The Labute approximate surface area is 169 Å². The van der Waals surface area contributed by atoms with Gasteiger partial charge in [-0.2, -0.15) is 4.98 Å². The summed E-state index contributed by atoms with van der Waals surface area (Å²) in [5.74, 6) is 1.65. The number of nitrogens with one attached hydrogen (secondary N) is 1. The molecule has 1 aliphatic heterocycles. The number of benzene rings is 2. The monoisotopic (exact) mass is 392 g/mol. The smallest absolute Gasteiger partial charge is 0.322 e. The Morgan fingerprint density at radius 1 is 1.24 bits per heavy atom. The molecule has 0 radical (unpaired) electrons. The third-order valence-corrected chi connectivity index (χ3v) is 4.98. The normalized spacial score (nSPS) is 16.1. The van der Waals surface area contributed by atoms with Gasteiger partial charge in [0.2, 0.25) is 11.7 Å². The predicted molar refractivity (Wildman–Crippen MR) is 110 cm³/mol. The highest BCUT2D eigenvalue weighted by atomic mass is 16.5. The number of amides is 2. The molecule has 2 heterocycles. The van der Waals surface area contributed by atoms with Gasteiger partial charge in [0, 0.05) is 12.1 Å². The second-order valence-electron chi connectivity index (χ2n) is 7.03. The standard InChI is InChI=1S/C22H24N4O3/c1-3-28-19-9-5-4-7-17(19)23-22(27)26-14-6-8-18(26)21-24-20(25-29-21)16-12-10-15(2)11-13-16/h4-5,7,9-13,18H,3,6,8,14H2,1-2H3,(H,23,27)/t18-/m1/s1. The van der Waals surface area contributed by atoms with E-state index < -0.39 is 0 Å². The Hall–Kier alpha value is -3.35. The van der Waals surface area contributed by atoms with Crippen molar-refractivity contribution in [3.63, 3.8) is 0 Å². The van der Waals surface area contributed by atoms with E-state index in [0.29, 0.717) is 36.3 Å². The van der Waals surface area contributed by atoms with Gasteiger partial charge < -0.3 is 19.5 Å². The number of para-hydroxylation sites is 2. The first kappa shape index (κ1) is 19.0. The molecule has 0 aliphatic carbocycles. The maximum atomic E-state index is 12.9. The van der Waals surface area contributed by atoms with Crippen LogP contribution in [0.3, 0.4) is 0 Å². The zero-order valence-electron chi connectivity index (χ0n) is 16.6. The SMILES string of the molecule is CCOc1ccccc1NC(=O)N1CCC[C@@H]1c1nc(-c2ccc(C)cc2)no1. The molecule has 0 spiro atoms. The number of ether oxygens (including phenoxy) is 1. The summed E-state index contributed by atoms with van der Waals surface area (Å²) in [5, 5.41) is 7.07. The molecule has 1 N–H and O–H groups in total. The number of aromatic nitrogens is 2. The van der Waals surface area contributed by atoms with Crippen molar-refractivity contribution >= 4 is 11.7 Å². The van der Waals surface area contributed by atoms with Crippen LogP contribution in [-0.4, -0.2) is 34.2 Å². The van der Waals surface area contributed by atoms with Crippen LogP contribution in [0, 0.1) is 6.92 Å². The minimum Gasteiger partial charge on any atom is -0.492 e. The Balaban J connectivity index is 1.51. The minimum atomic E-state index is -0.235. The van der Waals surface area contributed by atoms with Crippen molar-refractivity contribution < 1.29 is 14.1 Å². The fourth-order valence-electron chi connectivity index (χ4n) is 3.50. The average molecular weight is 392 g/mol. The molecule has 7 nitrogen and oxygen atoms in total. The molecule has 150 valence electrons. The molecular weight excluding hydrogens is 368 g/mol. The first-order valence-corrected chi connectivity index (χ1v) is 9.86. The Kier molecular flexibility index (Phi) is 5.46. The fraction of sp³-hybridized carbons (Fsp3) is 0.318. The Bertz CT molecular complexity index is 984. The number of anilines is 1. The van der Waals surface area contributed by atoms with Crippen molar-refractivity contribution in [3.05, 3.63) is 60.0 Å². The van der Waals surface area contributed by atoms with Gasteiger partial charge in [0.05, 0.1) is 12.3 Å². The van der Waals surface area contributed by atoms with Crippen LogP contribution in [0.5, 0.6) is 5.75 Å².